The summed E-state index contributed by atoms with van der Waals surface area (Å²) < 4.78 is 39.3. The summed E-state index contributed by atoms with van der Waals surface area (Å²) in [6.07, 6.45) is -2.82. The van der Waals surface area contributed by atoms with Crippen molar-refractivity contribution in [2.24, 2.45) is 0 Å². The normalized spacial score (nSPS) is 15.3. The Kier molecular flexibility index (Phi) is 8.73. The van der Waals surface area contributed by atoms with Crippen LogP contribution in [0.25, 0.3) is 0 Å². The van der Waals surface area contributed by atoms with E-state index in [1.54, 1.807) is 29.2 Å². The Hall–Kier alpha value is -3.12. The van der Waals surface area contributed by atoms with E-state index in [0.717, 1.165) is 12.0 Å². The number of aromatic nitrogens is 2. The fraction of sp³-hybridized carbons (Fsp3) is 0.522. The van der Waals surface area contributed by atoms with Crippen molar-refractivity contribution < 1.29 is 18.0 Å². The van der Waals surface area contributed by atoms with Gasteiger partial charge in [-0.1, -0.05) is 43.7 Å². The number of halogens is 3. The molecule has 1 saturated heterocycles. The molecule has 3 N–H and O–H groups in total. The number of rotatable bonds is 9. The molecule has 9 nitrogen and oxygen atoms in total. The van der Waals surface area contributed by atoms with Crippen LogP contribution in [0.3, 0.4) is 0 Å². The van der Waals surface area contributed by atoms with Crippen molar-refractivity contribution in [1.29, 1.82) is 0 Å². The molecule has 1 aliphatic rings. The van der Waals surface area contributed by atoms with Gasteiger partial charge in [0.2, 0.25) is 5.91 Å². The van der Waals surface area contributed by atoms with Gasteiger partial charge in [0, 0.05) is 32.7 Å². The number of piperazine rings is 1. The minimum Gasteiger partial charge on any atom is -0.383 e. The van der Waals surface area contributed by atoms with Gasteiger partial charge in [0.15, 0.2) is 5.69 Å². The fourth-order valence-corrected chi connectivity index (χ4v) is 4.07. The monoisotopic (exact) mass is 496 g/mol. The number of nitrogens with zero attached hydrogens (tertiary/aromatic N) is 4. The highest BCUT2D eigenvalue weighted by Gasteiger charge is 2.33. The van der Waals surface area contributed by atoms with Crippen molar-refractivity contribution in [3.05, 3.63) is 56.7 Å². The summed E-state index contributed by atoms with van der Waals surface area (Å²) in [6, 6.07) is 9.02. The molecule has 2 heterocycles. The second-order valence-corrected chi connectivity index (χ2v) is 8.63. The van der Waals surface area contributed by atoms with Crippen LogP contribution in [0.4, 0.5) is 24.7 Å². The Bertz CT molecular complexity index is 1110. The molecule has 2 aromatic rings. The predicted octanol–water partition coefficient (Wildman–Crippen LogP) is 1.63. The quantitative estimate of drug-likeness (QED) is 0.547. The lowest BCUT2D eigenvalue weighted by molar-refractivity contribution is -0.149. The minimum absolute atomic E-state index is 0.0486. The van der Waals surface area contributed by atoms with Crippen LogP contribution in [-0.2, 0) is 17.9 Å². The molecule has 0 spiro atoms. The lowest BCUT2D eigenvalue weighted by atomic mass is 10.2. The Labute approximate surface area is 200 Å². The zero-order chi connectivity index (χ0) is 25.6. The maximum absolute atomic E-state index is 13.4. The first-order chi connectivity index (χ1) is 16.6. The van der Waals surface area contributed by atoms with Crippen LogP contribution >= 0.6 is 0 Å². The van der Waals surface area contributed by atoms with Gasteiger partial charge in [-0.2, -0.15) is 13.2 Å². The number of benzene rings is 1. The van der Waals surface area contributed by atoms with E-state index in [-0.39, 0.29) is 50.8 Å². The Morgan fingerprint density at radius 2 is 1.71 bits per heavy atom. The van der Waals surface area contributed by atoms with Crippen molar-refractivity contribution in [1.82, 2.24) is 19.4 Å². The number of hydrogen-bond donors (Lipinski definition) is 2. The van der Waals surface area contributed by atoms with Crippen LogP contribution in [0.15, 0.2) is 39.9 Å². The molecule has 1 aromatic heterocycles. The maximum atomic E-state index is 13.4. The zero-order valence-electron chi connectivity index (χ0n) is 19.7. The molecule has 35 heavy (non-hydrogen) atoms. The Balaban J connectivity index is 1.85. The number of aromatic amines is 1. The summed E-state index contributed by atoms with van der Waals surface area (Å²) in [5.41, 5.74) is 5.49. The van der Waals surface area contributed by atoms with Gasteiger partial charge in [0.25, 0.3) is 5.56 Å². The summed E-state index contributed by atoms with van der Waals surface area (Å²) in [6.45, 7) is 2.12. The molecule has 0 aliphatic carbocycles. The average Bonchev–Trinajstić information content (AvgIpc) is 2.79. The number of carbonyl (C=O) groups excluding carboxylic acids is 1. The fourth-order valence-electron chi connectivity index (χ4n) is 4.07. The highest BCUT2D eigenvalue weighted by Crippen LogP contribution is 2.21. The predicted molar refractivity (Wildman–Crippen MR) is 127 cm³/mol. The largest absolute Gasteiger partial charge is 0.401 e. The number of anilines is 2. The molecular formula is C23H31F3N6O3. The van der Waals surface area contributed by atoms with Crippen molar-refractivity contribution in [2.45, 2.75) is 39.0 Å². The van der Waals surface area contributed by atoms with Crippen LogP contribution in [0.5, 0.6) is 0 Å². The van der Waals surface area contributed by atoms with E-state index in [9.17, 15) is 27.6 Å². The van der Waals surface area contributed by atoms with Crippen LogP contribution < -0.4 is 21.9 Å². The van der Waals surface area contributed by atoms with Gasteiger partial charge in [0.05, 0.1) is 19.6 Å². The maximum Gasteiger partial charge on any atom is 0.401 e. The number of hydrogen-bond acceptors (Lipinski definition) is 6. The summed E-state index contributed by atoms with van der Waals surface area (Å²) in [4.78, 5) is 45.2. The molecule has 3 rings (SSSR count). The molecule has 0 atom stereocenters. The number of unbranched alkanes of at least 4 members (excludes halogenated alkanes) is 1. The van der Waals surface area contributed by atoms with Gasteiger partial charge in [-0.25, -0.2) is 4.79 Å². The summed E-state index contributed by atoms with van der Waals surface area (Å²) in [7, 11) is 0. The van der Waals surface area contributed by atoms with E-state index in [1.165, 1.54) is 14.4 Å². The molecule has 0 radical (unpaired) electrons. The van der Waals surface area contributed by atoms with Crippen molar-refractivity contribution in [3.8, 4) is 0 Å². The minimum atomic E-state index is -4.27. The molecule has 12 heteroatoms. The molecule has 0 unspecified atom stereocenters. The Morgan fingerprint density at radius 3 is 2.31 bits per heavy atom. The number of H-pyrrole nitrogens is 1. The number of nitrogen functional groups attached to an aromatic ring is 1. The first-order valence-corrected chi connectivity index (χ1v) is 11.6. The first kappa shape index (κ1) is 26.5. The number of nitrogens with one attached hydrogen (secondary N) is 1. The van der Waals surface area contributed by atoms with E-state index in [2.05, 4.69) is 4.98 Å². The van der Waals surface area contributed by atoms with E-state index in [4.69, 9.17) is 5.73 Å². The third-order valence-electron chi connectivity index (χ3n) is 5.93. The second-order valence-electron chi connectivity index (χ2n) is 8.63. The molecular weight excluding hydrogens is 465 g/mol. The van der Waals surface area contributed by atoms with Gasteiger partial charge in [-0.15, -0.1) is 0 Å². The topological polar surface area (TPSA) is 108 Å². The third-order valence-corrected chi connectivity index (χ3v) is 5.93. The average molecular weight is 497 g/mol. The summed E-state index contributed by atoms with van der Waals surface area (Å²) >= 11 is 0. The molecule has 0 bridgehead atoms. The SMILES string of the molecule is CCCCn1c(N)c(N(Cc2ccccc2)C(=O)CN2CCN(CC(F)(F)F)CC2)c(=O)[nH]c1=O. The second kappa shape index (κ2) is 11.5. The van der Waals surface area contributed by atoms with Crippen molar-refractivity contribution in [3.63, 3.8) is 0 Å². The van der Waals surface area contributed by atoms with Crippen molar-refractivity contribution >= 4 is 17.4 Å². The van der Waals surface area contributed by atoms with E-state index >= 15 is 0 Å². The molecule has 1 aliphatic heterocycles. The van der Waals surface area contributed by atoms with Crippen LogP contribution in [0, 0.1) is 0 Å². The number of nitrogens with two attached hydrogens (primary N) is 1. The zero-order valence-corrected chi connectivity index (χ0v) is 19.7. The van der Waals surface area contributed by atoms with E-state index in [0.29, 0.717) is 13.0 Å². The van der Waals surface area contributed by atoms with Crippen molar-refractivity contribution in [2.75, 3.05) is 49.9 Å². The molecule has 1 aromatic carbocycles. The van der Waals surface area contributed by atoms with Gasteiger partial charge < -0.3 is 5.73 Å². The van der Waals surface area contributed by atoms with Crippen LogP contribution in [-0.4, -0.2) is 70.7 Å². The molecule has 1 amide bonds. The van der Waals surface area contributed by atoms with Gasteiger partial charge in [-0.3, -0.25) is 33.8 Å². The van der Waals surface area contributed by atoms with E-state index in [1.807, 2.05) is 13.0 Å². The van der Waals surface area contributed by atoms with Gasteiger partial charge in [0.1, 0.15) is 5.82 Å². The first-order valence-electron chi connectivity index (χ1n) is 11.6. The lowest BCUT2D eigenvalue weighted by Gasteiger charge is -2.35. The highest BCUT2D eigenvalue weighted by molar-refractivity contribution is 5.96. The lowest BCUT2D eigenvalue weighted by Crippen LogP contribution is -2.52. The van der Waals surface area contributed by atoms with Crippen LogP contribution in [0.2, 0.25) is 0 Å². The molecule has 192 valence electrons. The van der Waals surface area contributed by atoms with Gasteiger partial charge >= 0.3 is 11.9 Å². The number of alkyl halides is 3. The summed E-state index contributed by atoms with van der Waals surface area (Å²) in [5.74, 6) is -0.525. The smallest absolute Gasteiger partial charge is 0.383 e. The standard InChI is InChI=1S/C23H31F3N6O3/c1-2-3-9-31-20(27)19(21(34)28-22(31)35)32(14-17-7-5-4-6-8-17)18(33)15-29-10-12-30(13-11-29)16-23(24,25)26/h4-8H,2-3,9-16,27H2,1H3,(H,28,34,35). The Morgan fingerprint density at radius 1 is 1.09 bits per heavy atom. The third kappa shape index (κ3) is 7.18. The number of carbonyl (C=O) groups is 1. The molecule has 1 fully saturated rings. The number of amides is 1. The summed E-state index contributed by atoms with van der Waals surface area (Å²) in [5, 5.41) is 0. The van der Waals surface area contributed by atoms with Crippen LogP contribution in [0.1, 0.15) is 25.3 Å². The highest BCUT2D eigenvalue weighted by atomic mass is 19.4. The molecule has 0 saturated carbocycles. The van der Waals surface area contributed by atoms with Gasteiger partial charge in [-0.05, 0) is 12.0 Å². The van der Waals surface area contributed by atoms with E-state index < -0.39 is 29.9 Å².